The molecule has 0 bridgehead atoms. The number of ether oxygens (including phenoxy) is 3. The Hall–Kier alpha value is -3.52. The van der Waals surface area contributed by atoms with E-state index in [-0.39, 0.29) is 11.8 Å². The molecule has 4 rings (SSSR count). The lowest BCUT2D eigenvalue weighted by Gasteiger charge is -2.34. The molecule has 8 nitrogen and oxygen atoms in total. The molecule has 0 atom stereocenters. The molecule has 0 radical (unpaired) electrons. The fourth-order valence-electron chi connectivity index (χ4n) is 4.18. The molecule has 0 aliphatic carbocycles. The molecule has 1 fully saturated rings. The number of piperazine rings is 1. The van der Waals surface area contributed by atoms with Crippen LogP contribution in [0.1, 0.15) is 12.5 Å². The number of benzene rings is 2. The van der Waals surface area contributed by atoms with Crippen molar-refractivity contribution in [2.24, 2.45) is 0 Å². The van der Waals surface area contributed by atoms with Gasteiger partial charge in [-0.1, -0.05) is 12.1 Å². The van der Waals surface area contributed by atoms with E-state index in [1.165, 1.54) is 12.0 Å². The van der Waals surface area contributed by atoms with E-state index in [1.807, 2.05) is 43.1 Å². The van der Waals surface area contributed by atoms with Gasteiger partial charge in [-0.05, 0) is 43.8 Å². The zero-order chi connectivity index (χ0) is 23.5. The first-order valence-corrected chi connectivity index (χ1v) is 11.0. The molecular formula is C25H29N3O5. The van der Waals surface area contributed by atoms with Gasteiger partial charge in [0.1, 0.15) is 22.9 Å². The Bertz CT molecular complexity index is 1070. The van der Waals surface area contributed by atoms with Crippen molar-refractivity contribution in [1.82, 2.24) is 9.80 Å². The number of anilines is 1. The number of imide groups is 1. The van der Waals surface area contributed by atoms with Crippen LogP contribution in [0.4, 0.5) is 5.69 Å². The molecule has 0 N–H and O–H groups in total. The SMILES string of the molecule is CCOc1ccc(C2=C(N3CCN(C)CC3)C(=O)N(c3cc(OC)ccc3OC)C2=O)cc1. The van der Waals surface area contributed by atoms with E-state index < -0.39 is 0 Å². The largest absolute Gasteiger partial charge is 0.497 e. The summed E-state index contributed by atoms with van der Waals surface area (Å²) in [5, 5.41) is 0. The molecule has 2 amide bonds. The molecule has 2 heterocycles. The average molecular weight is 452 g/mol. The summed E-state index contributed by atoms with van der Waals surface area (Å²) in [5.74, 6) is 0.918. The van der Waals surface area contributed by atoms with Crippen LogP contribution in [0.25, 0.3) is 5.57 Å². The second-order valence-corrected chi connectivity index (χ2v) is 7.95. The lowest BCUT2D eigenvalue weighted by molar-refractivity contribution is -0.120. The fraction of sp³-hybridized carbons (Fsp3) is 0.360. The molecule has 33 heavy (non-hydrogen) atoms. The second-order valence-electron chi connectivity index (χ2n) is 7.95. The summed E-state index contributed by atoms with van der Waals surface area (Å²) >= 11 is 0. The molecule has 8 heteroatoms. The van der Waals surface area contributed by atoms with Gasteiger partial charge < -0.3 is 24.0 Å². The highest BCUT2D eigenvalue weighted by Gasteiger charge is 2.44. The third kappa shape index (κ3) is 4.26. The summed E-state index contributed by atoms with van der Waals surface area (Å²) in [5.41, 5.74) is 1.84. The van der Waals surface area contributed by atoms with Gasteiger partial charge in [0.2, 0.25) is 0 Å². The molecule has 174 valence electrons. The van der Waals surface area contributed by atoms with Crippen LogP contribution in [0.15, 0.2) is 48.2 Å². The van der Waals surface area contributed by atoms with Crippen LogP contribution in [-0.2, 0) is 9.59 Å². The first-order chi connectivity index (χ1) is 16.0. The van der Waals surface area contributed by atoms with E-state index in [9.17, 15) is 9.59 Å². The maximum absolute atomic E-state index is 13.8. The maximum Gasteiger partial charge on any atom is 0.282 e. The number of nitrogens with zero attached hydrogens (tertiary/aromatic N) is 3. The predicted molar refractivity (Wildman–Crippen MR) is 126 cm³/mol. The van der Waals surface area contributed by atoms with Crippen LogP contribution in [0.2, 0.25) is 0 Å². The number of hydrogen-bond donors (Lipinski definition) is 0. The Labute approximate surface area is 193 Å². The van der Waals surface area contributed by atoms with E-state index in [0.717, 1.165) is 13.1 Å². The number of rotatable bonds is 7. The number of carbonyl (C=O) groups excluding carboxylic acids is 2. The third-order valence-electron chi connectivity index (χ3n) is 5.96. The fourth-order valence-corrected chi connectivity index (χ4v) is 4.18. The Balaban J connectivity index is 1.81. The Morgan fingerprint density at radius 1 is 0.848 bits per heavy atom. The minimum absolute atomic E-state index is 0.361. The standard InChI is InChI=1S/C25H29N3O5/c1-5-33-18-8-6-17(7-9-18)22-23(27-14-12-26(2)13-15-27)25(30)28(24(22)29)20-16-19(31-3)10-11-21(20)32-4/h6-11,16H,5,12-15H2,1-4H3. The van der Waals surface area contributed by atoms with Crippen LogP contribution in [0.3, 0.4) is 0 Å². The minimum atomic E-state index is -0.385. The van der Waals surface area contributed by atoms with Gasteiger partial charge >= 0.3 is 0 Å². The van der Waals surface area contributed by atoms with Crippen molar-refractivity contribution in [3.8, 4) is 17.2 Å². The molecule has 2 aromatic rings. The van der Waals surface area contributed by atoms with Gasteiger partial charge in [-0.3, -0.25) is 9.59 Å². The minimum Gasteiger partial charge on any atom is -0.497 e. The molecule has 0 saturated carbocycles. The molecule has 2 aromatic carbocycles. The lowest BCUT2D eigenvalue weighted by atomic mass is 10.0. The van der Waals surface area contributed by atoms with Crippen molar-refractivity contribution < 1.29 is 23.8 Å². The van der Waals surface area contributed by atoms with E-state index in [2.05, 4.69) is 4.90 Å². The summed E-state index contributed by atoms with van der Waals surface area (Å²) in [7, 11) is 5.10. The van der Waals surface area contributed by atoms with Crippen molar-refractivity contribution in [2.45, 2.75) is 6.92 Å². The highest BCUT2D eigenvalue weighted by atomic mass is 16.5. The molecule has 0 spiro atoms. The second kappa shape index (κ2) is 9.54. The summed E-state index contributed by atoms with van der Waals surface area (Å²) in [6, 6.07) is 12.4. The summed E-state index contributed by atoms with van der Waals surface area (Å²) in [6.07, 6.45) is 0. The predicted octanol–water partition coefficient (Wildman–Crippen LogP) is 2.63. The summed E-state index contributed by atoms with van der Waals surface area (Å²) < 4.78 is 16.4. The zero-order valence-electron chi connectivity index (χ0n) is 19.5. The van der Waals surface area contributed by atoms with Crippen LogP contribution < -0.4 is 19.1 Å². The van der Waals surface area contributed by atoms with Crippen molar-refractivity contribution in [2.75, 3.05) is 59.0 Å². The van der Waals surface area contributed by atoms with E-state index >= 15 is 0 Å². The zero-order valence-corrected chi connectivity index (χ0v) is 19.5. The summed E-state index contributed by atoms with van der Waals surface area (Å²) in [4.78, 5) is 33.0. The molecule has 2 aliphatic heterocycles. The molecular weight excluding hydrogens is 422 g/mol. The number of methoxy groups -OCH3 is 2. The third-order valence-corrected chi connectivity index (χ3v) is 5.96. The lowest BCUT2D eigenvalue weighted by Crippen LogP contribution is -2.46. The smallest absolute Gasteiger partial charge is 0.282 e. The monoisotopic (exact) mass is 451 g/mol. The van der Waals surface area contributed by atoms with Gasteiger partial charge in [-0.2, -0.15) is 0 Å². The number of carbonyl (C=O) groups is 2. The van der Waals surface area contributed by atoms with Gasteiger partial charge in [0.15, 0.2) is 0 Å². The van der Waals surface area contributed by atoms with Crippen LogP contribution in [-0.4, -0.2) is 75.7 Å². The van der Waals surface area contributed by atoms with Crippen LogP contribution in [0.5, 0.6) is 17.2 Å². The van der Waals surface area contributed by atoms with E-state index in [0.29, 0.717) is 59.5 Å². The molecule has 0 aromatic heterocycles. The van der Waals surface area contributed by atoms with Gasteiger partial charge in [0, 0.05) is 32.2 Å². The van der Waals surface area contributed by atoms with Gasteiger partial charge in [0.25, 0.3) is 11.8 Å². The average Bonchev–Trinajstić information content (AvgIpc) is 3.09. The molecule has 1 saturated heterocycles. The number of hydrogen-bond acceptors (Lipinski definition) is 7. The normalized spacial score (nSPS) is 17.1. The van der Waals surface area contributed by atoms with Crippen molar-refractivity contribution in [3.63, 3.8) is 0 Å². The van der Waals surface area contributed by atoms with Gasteiger partial charge in [-0.25, -0.2) is 4.90 Å². The van der Waals surface area contributed by atoms with Crippen LogP contribution >= 0.6 is 0 Å². The molecule has 0 unspecified atom stereocenters. The van der Waals surface area contributed by atoms with Crippen molar-refractivity contribution >= 4 is 23.1 Å². The maximum atomic E-state index is 13.8. The van der Waals surface area contributed by atoms with Gasteiger partial charge in [0.05, 0.1) is 32.1 Å². The highest BCUT2D eigenvalue weighted by molar-refractivity contribution is 6.45. The number of likely N-dealkylation sites (N-methyl/N-ethyl adjacent to an activating group) is 1. The van der Waals surface area contributed by atoms with Gasteiger partial charge in [-0.15, -0.1) is 0 Å². The Morgan fingerprint density at radius 2 is 1.52 bits per heavy atom. The number of amides is 2. The Kier molecular flexibility index (Phi) is 6.55. The topological polar surface area (TPSA) is 71.6 Å². The molecule has 2 aliphatic rings. The Morgan fingerprint density at radius 3 is 2.12 bits per heavy atom. The van der Waals surface area contributed by atoms with E-state index in [1.54, 1.807) is 25.3 Å². The van der Waals surface area contributed by atoms with Crippen LogP contribution in [0, 0.1) is 0 Å². The first-order valence-electron chi connectivity index (χ1n) is 11.0. The summed E-state index contributed by atoms with van der Waals surface area (Å²) in [6.45, 7) is 5.41. The van der Waals surface area contributed by atoms with E-state index in [4.69, 9.17) is 14.2 Å². The quantitative estimate of drug-likeness (QED) is 0.600. The highest BCUT2D eigenvalue weighted by Crippen LogP contribution is 2.40. The van der Waals surface area contributed by atoms with Crippen molar-refractivity contribution in [1.29, 1.82) is 0 Å². The first kappa shape index (κ1) is 22.7. The van der Waals surface area contributed by atoms with Crippen molar-refractivity contribution in [3.05, 3.63) is 53.7 Å².